The number of nitrogens with zero attached hydrogens (tertiary/aromatic N) is 1. The molecule has 0 bridgehead atoms. The average molecular weight is 268 g/mol. The van der Waals surface area contributed by atoms with Gasteiger partial charge in [-0.2, -0.15) is 5.10 Å². The van der Waals surface area contributed by atoms with Crippen LogP contribution in [0.5, 0.6) is 0 Å². The van der Waals surface area contributed by atoms with Crippen LogP contribution in [0.1, 0.15) is 21.5 Å². The third-order valence-corrected chi connectivity index (χ3v) is 3.58. The molecule has 17 heavy (non-hydrogen) atoms. The highest BCUT2D eigenvalue weighted by Gasteiger charge is 2.22. The smallest absolute Gasteiger partial charge is 0.272 e. The van der Waals surface area contributed by atoms with Gasteiger partial charge in [0, 0.05) is 10.9 Å². The van der Waals surface area contributed by atoms with Crippen LogP contribution in [-0.4, -0.2) is 17.1 Å². The Labute approximate surface area is 107 Å². The van der Waals surface area contributed by atoms with E-state index in [2.05, 4.69) is 15.5 Å². The number of nitrogens with one attached hydrogen (secondary N) is 2. The van der Waals surface area contributed by atoms with E-state index in [1.54, 1.807) is 6.07 Å². The molecule has 6 heteroatoms. The minimum absolute atomic E-state index is 0.263. The summed E-state index contributed by atoms with van der Waals surface area (Å²) in [5, 5.41) is 5.52. The third-order valence-electron chi connectivity index (χ3n) is 2.79. The van der Waals surface area contributed by atoms with Crippen LogP contribution in [0.2, 0.25) is 10.2 Å². The zero-order chi connectivity index (χ0) is 12.2. The number of amides is 1. The number of carbonyl (C=O) groups is 1. The summed E-state index contributed by atoms with van der Waals surface area (Å²) in [5.41, 5.74) is 5.12. The Kier molecular flexibility index (Phi) is 2.18. The molecule has 0 aliphatic carbocycles. The largest absolute Gasteiger partial charge is 0.344 e. The Bertz CT molecular complexity index is 688. The fourth-order valence-electron chi connectivity index (χ4n) is 1.99. The van der Waals surface area contributed by atoms with Crippen LogP contribution in [0.15, 0.2) is 11.2 Å². The Hall–Kier alpha value is -1.52. The van der Waals surface area contributed by atoms with Gasteiger partial charge in [-0.3, -0.25) is 4.79 Å². The van der Waals surface area contributed by atoms with Crippen molar-refractivity contribution in [1.82, 2.24) is 10.4 Å². The molecule has 0 radical (unpaired) electrons. The number of aromatic amines is 1. The van der Waals surface area contributed by atoms with Gasteiger partial charge in [0.1, 0.15) is 5.15 Å². The van der Waals surface area contributed by atoms with E-state index in [-0.39, 0.29) is 5.91 Å². The van der Waals surface area contributed by atoms with Gasteiger partial charge in [-0.25, -0.2) is 5.43 Å². The van der Waals surface area contributed by atoms with Crippen LogP contribution in [-0.2, 0) is 0 Å². The van der Waals surface area contributed by atoms with Gasteiger partial charge in [0.2, 0.25) is 0 Å². The number of hydrogen-bond acceptors (Lipinski definition) is 2. The molecule has 0 unspecified atom stereocenters. The second-order valence-electron chi connectivity index (χ2n) is 3.86. The molecule has 2 N–H and O–H groups in total. The van der Waals surface area contributed by atoms with E-state index < -0.39 is 0 Å². The molecule has 1 amide bonds. The lowest BCUT2D eigenvalue weighted by Gasteiger charge is -2.05. The van der Waals surface area contributed by atoms with E-state index >= 15 is 0 Å². The first-order valence-electron chi connectivity index (χ1n) is 4.93. The van der Waals surface area contributed by atoms with Crippen LogP contribution in [0.25, 0.3) is 10.9 Å². The van der Waals surface area contributed by atoms with Gasteiger partial charge < -0.3 is 4.98 Å². The number of halogens is 2. The molecular formula is C11H7Cl2N3O. The topological polar surface area (TPSA) is 57.2 Å². The zero-order valence-electron chi connectivity index (χ0n) is 8.77. The summed E-state index contributed by atoms with van der Waals surface area (Å²) in [4.78, 5) is 14.8. The summed E-state index contributed by atoms with van der Waals surface area (Å²) in [6.45, 7) is 1.84. The lowest BCUT2D eigenvalue weighted by atomic mass is 10.0. The summed E-state index contributed by atoms with van der Waals surface area (Å²) in [6.07, 6.45) is 1.52. The van der Waals surface area contributed by atoms with Crippen LogP contribution >= 0.6 is 23.2 Å². The Morgan fingerprint density at radius 2 is 2.12 bits per heavy atom. The van der Waals surface area contributed by atoms with Crippen molar-refractivity contribution in [1.29, 1.82) is 0 Å². The lowest BCUT2D eigenvalue weighted by molar-refractivity contribution is 0.0957. The number of H-pyrrole nitrogens is 1. The molecule has 0 saturated heterocycles. The summed E-state index contributed by atoms with van der Waals surface area (Å²) in [7, 11) is 0. The highest BCUT2D eigenvalue weighted by Crippen LogP contribution is 2.35. The van der Waals surface area contributed by atoms with Gasteiger partial charge in [0.05, 0.1) is 22.3 Å². The van der Waals surface area contributed by atoms with E-state index in [4.69, 9.17) is 23.2 Å². The van der Waals surface area contributed by atoms with Gasteiger partial charge in [0.15, 0.2) is 0 Å². The van der Waals surface area contributed by atoms with Gasteiger partial charge in [-0.05, 0) is 18.6 Å². The van der Waals surface area contributed by atoms with Crippen LogP contribution in [0.4, 0.5) is 0 Å². The Balaban J connectivity index is 2.57. The van der Waals surface area contributed by atoms with Crippen molar-refractivity contribution >= 4 is 46.2 Å². The first-order valence-corrected chi connectivity index (χ1v) is 5.69. The van der Waals surface area contributed by atoms with Crippen LogP contribution < -0.4 is 5.43 Å². The molecule has 0 spiro atoms. The van der Waals surface area contributed by atoms with Gasteiger partial charge >= 0.3 is 0 Å². The predicted molar refractivity (Wildman–Crippen MR) is 68.1 cm³/mol. The molecule has 1 aromatic carbocycles. The first-order chi connectivity index (χ1) is 8.09. The number of hydrazone groups is 1. The molecule has 86 valence electrons. The predicted octanol–water partition coefficient (Wildman–Crippen LogP) is 2.86. The van der Waals surface area contributed by atoms with Crippen molar-refractivity contribution in [3.8, 4) is 0 Å². The van der Waals surface area contributed by atoms with Crippen molar-refractivity contribution in [2.45, 2.75) is 6.92 Å². The Morgan fingerprint density at radius 1 is 1.35 bits per heavy atom. The van der Waals surface area contributed by atoms with Crippen molar-refractivity contribution in [2.24, 2.45) is 5.10 Å². The number of carbonyl (C=O) groups excluding carboxylic acids is 1. The monoisotopic (exact) mass is 267 g/mol. The molecular weight excluding hydrogens is 261 g/mol. The fourth-order valence-corrected chi connectivity index (χ4v) is 2.43. The van der Waals surface area contributed by atoms with Crippen molar-refractivity contribution in [2.75, 3.05) is 0 Å². The van der Waals surface area contributed by atoms with Gasteiger partial charge in [-0.1, -0.05) is 23.2 Å². The third kappa shape index (κ3) is 1.38. The molecule has 0 atom stereocenters. The molecule has 4 nitrogen and oxygen atoms in total. The summed E-state index contributed by atoms with van der Waals surface area (Å²) >= 11 is 12.3. The second-order valence-corrected chi connectivity index (χ2v) is 4.61. The van der Waals surface area contributed by atoms with Crippen molar-refractivity contribution in [3.05, 3.63) is 32.9 Å². The maximum absolute atomic E-state index is 11.8. The molecule has 0 fully saturated rings. The summed E-state index contributed by atoms with van der Waals surface area (Å²) in [5.74, 6) is -0.263. The molecule has 2 aromatic rings. The van der Waals surface area contributed by atoms with Crippen LogP contribution in [0.3, 0.4) is 0 Å². The number of benzene rings is 1. The van der Waals surface area contributed by atoms with Gasteiger partial charge in [0.25, 0.3) is 5.91 Å². The number of hydrogen-bond donors (Lipinski definition) is 2. The average Bonchev–Trinajstić information content (AvgIpc) is 2.52. The summed E-state index contributed by atoms with van der Waals surface area (Å²) < 4.78 is 0. The molecule has 2 heterocycles. The second kappa shape index (κ2) is 3.48. The van der Waals surface area contributed by atoms with Crippen LogP contribution in [0, 0.1) is 6.92 Å². The molecule has 3 rings (SSSR count). The molecule has 1 aliphatic rings. The highest BCUT2D eigenvalue weighted by atomic mass is 35.5. The van der Waals surface area contributed by atoms with E-state index in [9.17, 15) is 4.79 Å². The zero-order valence-corrected chi connectivity index (χ0v) is 10.3. The molecule has 0 saturated carbocycles. The first kappa shape index (κ1) is 10.6. The van der Waals surface area contributed by atoms with E-state index in [1.807, 2.05) is 6.92 Å². The van der Waals surface area contributed by atoms with E-state index in [0.717, 1.165) is 5.56 Å². The maximum atomic E-state index is 11.8. The normalized spacial score (nSPS) is 13.9. The Morgan fingerprint density at radius 3 is 2.88 bits per heavy atom. The van der Waals surface area contributed by atoms with E-state index in [0.29, 0.717) is 32.2 Å². The lowest BCUT2D eigenvalue weighted by Crippen LogP contribution is -2.16. The maximum Gasteiger partial charge on any atom is 0.272 e. The quantitative estimate of drug-likeness (QED) is 0.758. The minimum Gasteiger partial charge on any atom is -0.344 e. The highest BCUT2D eigenvalue weighted by molar-refractivity contribution is 6.40. The minimum atomic E-state index is -0.263. The number of aryl methyl sites for hydroxylation is 1. The van der Waals surface area contributed by atoms with Crippen molar-refractivity contribution in [3.63, 3.8) is 0 Å². The van der Waals surface area contributed by atoms with Crippen molar-refractivity contribution < 1.29 is 4.79 Å². The number of rotatable bonds is 0. The van der Waals surface area contributed by atoms with E-state index in [1.165, 1.54) is 6.21 Å². The SMILES string of the molecule is Cc1cc2c3c(c(Cl)[nH]c3c1Cl)C=NNC2=O. The molecule has 1 aromatic heterocycles. The number of aromatic nitrogens is 1. The standard InChI is InChI=1S/C11H7Cl2N3O/c1-4-2-5-7-6(3-14-16-11(5)17)10(13)15-9(7)8(4)12/h2-3,15H,1H3,(H,16,17). The molecule has 1 aliphatic heterocycles. The van der Waals surface area contributed by atoms with Gasteiger partial charge in [-0.15, -0.1) is 0 Å². The fraction of sp³-hybridized carbons (Fsp3) is 0.0909. The summed E-state index contributed by atoms with van der Waals surface area (Å²) in [6, 6.07) is 1.74.